The van der Waals surface area contributed by atoms with Gasteiger partial charge in [-0.25, -0.2) is 9.18 Å². The van der Waals surface area contributed by atoms with E-state index in [1.165, 1.54) is 24.1 Å². The van der Waals surface area contributed by atoms with Crippen molar-refractivity contribution in [1.29, 1.82) is 0 Å². The van der Waals surface area contributed by atoms with Gasteiger partial charge in [-0.3, -0.25) is 0 Å². The van der Waals surface area contributed by atoms with Gasteiger partial charge in [-0.2, -0.15) is 13.2 Å². The molecule has 2 unspecified atom stereocenters. The first kappa shape index (κ1) is 26.5. The summed E-state index contributed by atoms with van der Waals surface area (Å²) in [5.41, 5.74) is 1.58. The number of halogens is 4. The van der Waals surface area contributed by atoms with E-state index >= 15 is 0 Å². The topological polar surface area (TPSA) is 38.8 Å². The molecule has 1 aliphatic heterocycles. The third-order valence-corrected chi connectivity index (χ3v) is 6.66. The van der Waals surface area contributed by atoms with Crippen LogP contribution in [-0.2, 0) is 17.5 Å². The standard InChI is InChI=1S/C29H29F4NO3/c1-17(2)23-13-24(26(36-4)14-25(23)30)22-11-10-21(29(31,32)33)12-20(22)16-34-15-18(3)27(37-28(34)35)19-8-6-5-7-9-19/h5-14,17-18,27H,15-16H2,1-4H3. The van der Waals surface area contributed by atoms with E-state index in [9.17, 15) is 22.4 Å². The average molecular weight is 516 g/mol. The van der Waals surface area contributed by atoms with Crippen LogP contribution < -0.4 is 4.74 Å². The minimum Gasteiger partial charge on any atom is -0.496 e. The van der Waals surface area contributed by atoms with Crippen LogP contribution in [0.15, 0.2) is 60.7 Å². The SMILES string of the molecule is COc1cc(F)c(C(C)C)cc1-c1ccc(C(F)(F)F)cc1CN1CC(C)C(c2ccccc2)OC1=O. The molecule has 1 heterocycles. The molecule has 0 N–H and O–H groups in total. The van der Waals surface area contributed by atoms with Gasteiger partial charge in [0, 0.05) is 30.6 Å². The number of hydrogen-bond acceptors (Lipinski definition) is 3. The van der Waals surface area contributed by atoms with Gasteiger partial charge >= 0.3 is 12.3 Å². The highest BCUT2D eigenvalue weighted by atomic mass is 19.4. The number of carbonyl (C=O) groups excluding carboxylic acids is 1. The third-order valence-electron chi connectivity index (χ3n) is 6.66. The van der Waals surface area contributed by atoms with E-state index in [2.05, 4.69) is 0 Å². The maximum absolute atomic E-state index is 14.6. The van der Waals surface area contributed by atoms with Crippen molar-refractivity contribution in [3.8, 4) is 16.9 Å². The lowest BCUT2D eigenvalue weighted by molar-refractivity contribution is -0.137. The van der Waals surface area contributed by atoms with Gasteiger partial charge in [0.2, 0.25) is 0 Å². The molecular formula is C29H29F4NO3. The Labute approximate surface area is 213 Å². The summed E-state index contributed by atoms with van der Waals surface area (Å²) in [6.45, 7) is 5.78. The van der Waals surface area contributed by atoms with Crippen molar-refractivity contribution < 1.29 is 31.8 Å². The van der Waals surface area contributed by atoms with Crippen LogP contribution in [0.3, 0.4) is 0 Å². The summed E-state index contributed by atoms with van der Waals surface area (Å²) in [5, 5.41) is 0. The Morgan fingerprint density at radius 3 is 2.38 bits per heavy atom. The van der Waals surface area contributed by atoms with Crippen LogP contribution >= 0.6 is 0 Å². The molecule has 4 rings (SSSR count). The van der Waals surface area contributed by atoms with E-state index in [-0.39, 0.29) is 29.7 Å². The van der Waals surface area contributed by atoms with Crippen molar-refractivity contribution in [2.45, 2.75) is 45.5 Å². The van der Waals surface area contributed by atoms with Gasteiger partial charge in [-0.05, 0) is 46.4 Å². The van der Waals surface area contributed by atoms with Crippen LogP contribution in [0.4, 0.5) is 22.4 Å². The van der Waals surface area contributed by atoms with E-state index in [1.807, 2.05) is 51.1 Å². The summed E-state index contributed by atoms with van der Waals surface area (Å²) < 4.78 is 66.7. The second-order valence-electron chi connectivity index (χ2n) is 9.67. The Hall–Kier alpha value is -3.55. The van der Waals surface area contributed by atoms with E-state index < -0.39 is 29.8 Å². The van der Waals surface area contributed by atoms with Crippen LogP contribution in [0.1, 0.15) is 55.0 Å². The Morgan fingerprint density at radius 2 is 1.76 bits per heavy atom. The summed E-state index contributed by atoms with van der Waals surface area (Å²) in [6.07, 6.45) is -5.63. The molecule has 1 aliphatic rings. The first-order chi connectivity index (χ1) is 17.5. The van der Waals surface area contributed by atoms with Crippen LogP contribution in [0.5, 0.6) is 5.75 Å². The molecule has 3 aromatic carbocycles. The Kier molecular flexibility index (Phi) is 7.48. The molecule has 0 aromatic heterocycles. The normalized spacial score (nSPS) is 18.2. The number of cyclic esters (lactones) is 1. The Balaban J connectivity index is 1.74. The molecule has 1 fully saturated rings. The van der Waals surface area contributed by atoms with Gasteiger partial charge in [0.1, 0.15) is 17.7 Å². The molecule has 3 aromatic rings. The molecule has 0 saturated carbocycles. The molecular weight excluding hydrogens is 486 g/mol. The number of amides is 1. The van der Waals surface area contributed by atoms with Crippen molar-refractivity contribution in [2.24, 2.45) is 5.92 Å². The minimum absolute atomic E-state index is 0.0951. The predicted molar refractivity (Wildman–Crippen MR) is 133 cm³/mol. The van der Waals surface area contributed by atoms with Gasteiger partial charge in [0.15, 0.2) is 0 Å². The second kappa shape index (κ2) is 10.4. The van der Waals surface area contributed by atoms with E-state index in [0.717, 1.165) is 17.7 Å². The Bertz CT molecular complexity index is 1270. The second-order valence-corrected chi connectivity index (χ2v) is 9.67. The number of rotatable bonds is 6. The number of alkyl halides is 3. The van der Waals surface area contributed by atoms with Crippen LogP contribution in [-0.4, -0.2) is 24.6 Å². The van der Waals surface area contributed by atoms with Gasteiger partial charge in [-0.15, -0.1) is 0 Å². The predicted octanol–water partition coefficient (Wildman–Crippen LogP) is 7.97. The minimum atomic E-state index is -4.57. The quantitative estimate of drug-likeness (QED) is 0.313. The molecule has 1 saturated heterocycles. The van der Waals surface area contributed by atoms with Crippen molar-refractivity contribution >= 4 is 6.09 Å². The zero-order valence-electron chi connectivity index (χ0n) is 21.1. The van der Waals surface area contributed by atoms with Crippen LogP contribution in [0.2, 0.25) is 0 Å². The van der Waals surface area contributed by atoms with Gasteiger partial charge < -0.3 is 14.4 Å². The number of nitrogens with zero attached hydrogens (tertiary/aromatic N) is 1. The van der Waals surface area contributed by atoms with Crippen LogP contribution in [0, 0.1) is 11.7 Å². The van der Waals surface area contributed by atoms with E-state index in [4.69, 9.17) is 9.47 Å². The monoisotopic (exact) mass is 515 g/mol. The fraction of sp³-hybridized carbons (Fsp3) is 0.345. The van der Waals surface area contributed by atoms with E-state index in [0.29, 0.717) is 23.2 Å². The number of hydrogen-bond donors (Lipinski definition) is 0. The van der Waals surface area contributed by atoms with Gasteiger partial charge in [-0.1, -0.05) is 57.2 Å². The lowest BCUT2D eigenvalue weighted by Crippen LogP contribution is -2.43. The lowest BCUT2D eigenvalue weighted by atomic mass is 9.91. The van der Waals surface area contributed by atoms with Crippen molar-refractivity contribution in [3.63, 3.8) is 0 Å². The highest BCUT2D eigenvalue weighted by Gasteiger charge is 2.36. The summed E-state index contributed by atoms with van der Waals surface area (Å²) in [7, 11) is 1.38. The highest BCUT2D eigenvalue weighted by Crippen LogP contribution is 2.40. The molecule has 8 heteroatoms. The molecule has 37 heavy (non-hydrogen) atoms. The van der Waals surface area contributed by atoms with Crippen molar-refractivity contribution in [3.05, 3.63) is 88.7 Å². The zero-order chi connectivity index (χ0) is 26.9. The molecule has 196 valence electrons. The van der Waals surface area contributed by atoms with Gasteiger partial charge in [0.25, 0.3) is 0 Å². The molecule has 4 nitrogen and oxygen atoms in total. The first-order valence-electron chi connectivity index (χ1n) is 12.1. The molecule has 1 amide bonds. The largest absolute Gasteiger partial charge is 0.496 e. The smallest absolute Gasteiger partial charge is 0.416 e. The number of carbonyl (C=O) groups is 1. The molecule has 0 aliphatic carbocycles. The molecule has 0 spiro atoms. The number of ether oxygens (including phenoxy) is 2. The summed E-state index contributed by atoms with van der Waals surface area (Å²) in [5.74, 6) is -0.510. The third kappa shape index (κ3) is 5.58. The van der Waals surface area contributed by atoms with Gasteiger partial charge in [0.05, 0.1) is 12.7 Å². The maximum atomic E-state index is 14.6. The Morgan fingerprint density at radius 1 is 1.05 bits per heavy atom. The number of methoxy groups -OCH3 is 1. The maximum Gasteiger partial charge on any atom is 0.416 e. The zero-order valence-corrected chi connectivity index (χ0v) is 21.1. The average Bonchev–Trinajstić information content (AvgIpc) is 2.85. The highest BCUT2D eigenvalue weighted by molar-refractivity contribution is 5.76. The van der Waals surface area contributed by atoms with E-state index in [1.54, 1.807) is 6.07 Å². The summed E-state index contributed by atoms with van der Waals surface area (Å²) in [6, 6.07) is 15.6. The van der Waals surface area contributed by atoms with Crippen LogP contribution in [0.25, 0.3) is 11.1 Å². The van der Waals surface area contributed by atoms with Crippen molar-refractivity contribution in [1.82, 2.24) is 4.90 Å². The fourth-order valence-corrected chi connectivity index (χ4v) is 4.75. The molecule has 0 bridgehead atoms. The molecule has 2 atom stereocenters. The number of benzene rings is 3. The first-order valence-corrected chi connectivity index (χ1v) is 12.1. The van der Waals surface area contributed by atoms with Crippen molar-refractivity contribution in [2.75, 3.05) is 13.7 Å². The fourth-order valence-electron chi connectivity index (χ4n) is 4.75. The lowest BCUT2D eigenvalue weighted by Gasteiger charge is -2.37. The molecule has 0 radical (unpaired) electrons. The summed E-state index contributed by atoms with van der Waals surface area (Å²) >= 11 is 0. The summed E-state index contributed by atoms with van der Waals surface area (Å²) in [4.78, 5) is 14.4.